The minimum atomic E-state index is -3.61. The Hall–Kier alpha value is -3.01. The molecule has 0 bridgehead atoms. The van der Waals surface area contributed by atoms with Gasteiger partial charge in [-0.05, 0) is 17.7 Å². The lowest BCUT2D eigenvalue weighted by molar-refractivity contribution is -0.00268. The Kier molecular flexibility index (Phi) is 4.89. The Labute approximate surface area is 145 Å². The quantitative estimate of drug-likeness (QED) is 0.614. The zero-order chi connectivity index (χ0) is 17.7. The van der Waals surface area contributed by atoms with E-state index >= 15 is 8.78 Å². The van der Waals surface area contributed by atoms with Crippen molar-refractivity contribution in [3.8, 4) is 0 Å². The average Bonchev–Trinajstić information content (AvgIpc) is 2.67. The van der Waals surface area contributed by atoms with Crippen LogP contribution in [0.4, 0.5) is 14.5 Å². The Morgan fingerprint density at radius 1 is 0.760 bits per heavy atom. The van der Waals surface area contributed by atoms with Crippen LogP contribution in [0, 0.1) is 0 Å². The van der Waals surface area contributed by atoms with Gasteiger partial charge < -0.3 is 5.32 Å². The third-order valence-electron chi connectivity index (χ3n) is 3.92. The third kappa shape index (κ3) is 3.74. The molecule has 0 aliphatic heterocycles. The molecule has 0 aromatic heterocycles. The van der Waals surface area contributed by atoms with Crippen molar-refractivity contribution in [2.75, 3.05) is 5.32 Å². The highest BCUT2D eigenvalue weighted by molar-refractivity contribution is 6.02. The molecule has 126 valence electrons. The molecule has 0 spiro atoms. The van der Waals surface area contributed by atoms with Gasteiger partial charge in [-0.25, -0.2) is 0 Å². The normalized spacial score (nSPS) is 12.4. The molecule has 4 heteroatoms. The van der Waals surface area contributed by atoms with Gasteiger partial charge in [-0.15, -0.1) is 0 Å². The number of Topliss-reactive ketones (excluding diaryl/α,β-unsaturated/α-hetero) is 1. The fourth-order valence-corrected chi connectivity index (χ4v) is 2.64. The van der Waals surface area contributed by atoms with E-state index < -0.39 is 17.7 Å². The SMILES string of the molecule is O=C(c1ccccc1)C(F)(F)C(Nc1ccccc1)c1ccccc1. The number of benzene rings is 3. The first-order valence-corrected chi connectivity index (χ1v) is 7.93. The number of hydrogen-bond acceptors (Lipinski definition) is 2. The van der Waals surface area contributed by atoms with Crippen molar-refractivity contribution >= 4 is 11.5 Å². The lowest BCUT2D eigenvalue weighted by atomic mass is 9.93. The molecule has 0 fully saturated rings. The van der Waals surface area contributed by atoms with Crippen LogP contribution in [0.3, 0.4) is 0 Å². The Morgan fingerprint density at radius 3 is 1.80 bits per heavy atom. The molecule has 0 radical (unpaired) electrons. The molecule has 1 N–H and O–H groups in total. The molecule has 3 aromatic carbocycles. The van der Waals surface area contributed by atoms with Gasteiger partial charge in [0.15, 0.2) is 0 Å². The van der Waals surface area contributed by atoms with Gasteiger partial charge in [0.1, 0.15) is 6.04 Å². The maximum absolute atomic E-state index is 15.1. The molecule has 2 nitrogen and oxygen atoms in total. The van der Waals surface area contributed by atoms with Crippen LogP contribution in [-0.4, -0.2) is 11.7 Å². The van der Waals surface area contributed by atoms with Crippen molar-refractivity contribution in [2.24, 2.45) is 0 Å². The number of anilines is 1. The Bertz CT molecular complexity index is 820. The summed E-state index contributed by atoms with van der Waals surface area (Å²) in [4.78, 5) is 12.5. The van der Waals surface area contributed by atoms with Crippen LogP contribution in [0.2, 0.25) is 0 Å². The first kappa shape index (κ1) is 16.8. The number of alkyl halides is 2. The van der Waals surface area contributed by atoms with Gasteiger partial charge in [-0.1, -0.05) is 78.9 Å². The topological polar surface area (TPSA) is 29.1 Å². The maximum atomic E-state index is 15.1. The van der Waals surface area contributed by atoms with Crippen molar-refractivity contribution in [1.29, 1.82) is 0 Å². The molecule has 0 amide bonds. The lowest BCUT2D eigenvalue weighted by Crippen LogP contribution is -2.40. The number of rotatable bonds is 6. The second-order valence-electron chi connectivity index (χ2n) is 5.67. The molecule has 1 atom stereocenters. The number of hydrogen-bond donors (Lipinski definition) is 1. The van der Waals surface area contributed by atoms with E-state index in [4.69, 9.17) is 0 Å². The monoisotopic (exact) mass is 337 g/mol. The minimum Gasteiger partial charge on any atom is -0.372 e. The van der Waals surface area contributed by atoms with Gasteiger partial charge >= 0.3 is 5.92 Å². The second-order valence-corrected chi connectivity index (χ2v) is 5.67. The highest BCUT2D eigenvalue weighted by Gasteiger charge is 2.48. The number of halogens is 2. The second kappa shape index (κ2) is 7.26. The van der Waals surface area contributed by atoms with E-state index in [1.807, 2.05) is 0 Å². The molecule has 25 heavy (non-hydrogen) atoms. The fraction of sp³-hybridized carbons (Fsp3) is 0.0952. The summed E-state index contributed by atoms with van der Waals surface area (Å²) in [6.07, 6.45) is 0. The van der Waals surface area contributed by atoms with Crippen LogP contribution in [0.15, 0.2) is 91.0 Å². The molecule has 0 heterocycles. The number of nitrogens with one attached hydrogen (secondary N) is 1. The van der Waals surface area contributed by atoms with Crippen molar-refractivity contribution in [3.05, 3.63) is 102 Å². The van der Waals surface area contributed by atoms with E-state index in [2.05, 4.69) is 5.32 Å². The first-order chi connectivity index (χ1) is 12.1. The van der Waals surface area contributed by atoms with Crippen LogP contribution in [0.25, 0.3) is 0 Å². The highest BCUT2D eigenvalue weighted by Crippen LogP contribution is 2.37. The summed E-state index contributed by atoms with van der Waals surface area (Å²) in [5.41, 5.74) is 0.862. The number of carbonyl (C=O) groups excluding carboxylic acids is 1. The van der Waals surface area contributed by atoms with Crippen LogP contribution in [-0.2, 0) is 0 Å². The van der Waals surface area contributed by atoms with Gasteiger partial charge in [0, 0.05) is 11.3 Å². The number of carbonyl (C=O) groups is 1. The summed E-state index contributed by atoms with van der Waals surface area (Å²) in [6.45, 7) is 0. The Morgan fingerprint density at radius 2 is 1.24 bits per heavy atom. The molecule has 1 unspecified atom stereocenters. The molecular weight excluding hydrogens is 320 g/mol. The summed E-state index contributed by atoms with van der Waals surface area (Å²) < 4.78 is 30.3. The number of ketones is 1. The van der Waals surface area contributed by atoms with E-state index in [0.717, 1.165) is 0 Å². The van der Waals surface area contributed by atoms with Gasteiger partial charge in [-0.3, -0.25) is 4.79 Å². The molecule has 0 aliphatic rings. The summed E-state index contributed by atoms with van der Waals surface area (Å²) >= 11 is 0. The van der Waals surface area contributed by atoms with Crippen molar-refractivity contribution in [2.45, 2.75) is 12.0 Å². The van der Waals surface area contributed by atoms with Crippen LogP contribution < -0.4 is 5.32 Å². The Balaban J connectivity index is 1.99. The lowest BCUT2D eigenvalue weighted by Gasteiger charge is -2.28. The summed E-state index contributed by atoms with van der Waals surface area (Å²) in [5, 5.41) is 2.82. The van der Waals surface area contributed by atoms with Gasteiger partial charge in [-0.2, -0.15) is 8.78 Å². The molecule has 0 saturated heterocycles. The van der Waals surface area contributed by atoms with Crippen molar-refractivity contribution in [1.82, 2.24) is 0 Å². The molecule has 0 saturated carbocycles. The summed E-state index contributed by atoms with van der Waals surface area (Å²) in [5.74, 6) is -4.82. The molecular formula is C21H17F2NO. The predicted molar refractivity (Wildman–Crippen MR) is 95.0 cm³/mol. The predicted octanol–water partition coefficient (Wildman–Crippen LogP) is 5.36. The smallest absolute Gasteiger partial charge is 0.333 e. The van der Waals surface area contributed by atoms with E-state index in [1.54, 1.807) is 78.9 Å². The van der Waals surface area contributed by atoms with Gasteiger partial charge in [0.25, 0.3) is 0 Å². The molecule has 0 aliphatic carbocycles. The van der Waals surface area contributed by atoms with E-state index in [9.17, 15) is 4.79 Å². The third-order valence-corrected chi connectivity index (χ3v) is 3.92. The van der Waals surface area contributed by atoms with Crippen LogP contribution in [0.1, 0.15) is 22.0 Å². The highest BCUT2D eigenvalue weighted by atomic mass is 19.3. The average molecular weight is 337 g/mol. The van der Waals surface area contributed by atoms with Gasteiger partial charge in [0.2, 0.25) is 5.78 Å². The number of para-hydroxylation sites is 1. The van der Waals surface area contributed by atoms with E-state index in [-0.39, 0.29) is 5.56 Å². The zero-order valence-electron chi connectivity index (χ0n) is 13.4. The maximum Gasteiger partial charge on any atom is 0.333 e. The van der Waals surface area contributed by atoms with E-state index in [0.29, 0.717) is 11.3 Å². The summed E-state index contributed by atoms with van der Waals surface area (Å²) in [7, 11) is 0. The molecule has 3 aromatic rings. The standard InChI is InChI=1S/C21H17F2NO/c22-21(23,20(25)17-12-6-2-7-13-17)19(16-10-4-1-5-11-16)24-18-14-8-3-9-15-18/h1-15,19,24H. The van der Waals surface area contributed by atoms with Crippen LogP contribution >= 0.6 is 0 Å². The van der Waals surface area contributed by atoms with Crippen LogP contribution in [0.5, 0.6) is 0 Å². The minimum absolute atomic E-state index is 0.0108. The summed E-state index contributed by atoms with van der Waals surface area (Å²) in [6, 6.07) is 23.2. The van der Waals surface area contributed by atoms with Crippen molar-refractivity contribution < 1.29 is 13.6 Å². The van der Waals surface area contributed by atoms with E-state index in [1.165, 1.54) is 12.1 Å². The fourth-order valence-electron chi connectivity index (χ4n) is 2.64. The van der Waals surface area contributed by atoms with Gasteiger partial charge in [0.05, 0.1) is 0 Å². The van der Waals surface area contributed by atoms with Crippen molar-refractivity contribution in [3.63, 3.8) is 0 Å². The zero-order valence-corrected chi connectivity index (χ0v) is 13.4. The molecule has 3 rings (SSSR count). The first-order valence-electron chi connectivity index (χ1n) is 7.93. The largest absolute Gasteiger partial charge is 0.372 e.